The van der Waals surface area contributed by atoms with Crippen molar-refractivity contribution in [2.75, 3.05) is 5.75 Å². The van der Waals surface area contributed by atoms with E-state index in [0.29, 0.717) is 6.42 Å². The van der Waals surface area contributed by atoms with Gasteiger partial charge in [0.1, 0.15) is 0 Å². The van der Waals surface area contributed by atoms with Crippen molar-refractivity contribution < 1.29 is 0 Å². The molecule has 1 rings (SSSR count). The predicted octanol–water partition coefficient (Wildman–Crippen LogP) is 1.67. The van der Waals surface area contributed by atoms with Gasteiger partial charge < -0.3 is 0 Å². The summed E-state index contributed by atoms with van der Waals surface area (Å²) in [4.78, 5) is 8.03. The molecule has 0 spiro atoms. The molecule has 1 aromatic rings. The standard InChI is InChI=1S/C7H8N2S/c1-2-6-10-7-8-4-3-5-9-7/h1,3-5H,2,6H2. The van der Waals surface area contributed by atoms with Crippen molar-refractivity contribution in [1.29, 1.82) is 0 Å². The minimum absolute atomic E-state index is 0.670. The Morgan fingerprint density at radius 1 is 1.40 bits per heavy atom. The van der Waals surface area contributed by atoms with E-state index < -0.39 is 0 Å². The molecule has 0 aliphatic rings. The van der Waals surface area contributed by atoms with Crippen molar-refractivity contribution in [1.82, 2.24) is 9.97 Å². The van der Waals surface area contributed by atoms with Crippen LogP contribution in [0.4, 0.5) is 0 Å². The van der Waals surface area contributed by atoms with E-state index in [1.165, 1.54) is 0 Å². The average molecular weight is 152 g/mol. The van der Waals surface area contributed by atoms with Gasteiger partial charge in [-0.05, 0) is 19.4 Å². The fraction of sp³-hybridized carbons (Fsp3) is 0.286. The smallest absolute Gasteiger partial charge is 0.187 e. The van der Waals surface area contributed by atoms with Crippen LogP contribution in [0, 0.1) is 6.92 Å². The van der Waals surface area contributed by atoms with Crippen LogP contribution in [-0.2, 0) is 0 Å². The van der Waals surface area contributed by atoms with E-state index in [4.69, 9.17) is 6.92 Å². The fourth-order valence-electron chi connectivity index (χ4n) is 0.510. The van der Waals surface area contributed by atoms with Crippen LogP contribution < -0.4 is 0 Å². The largest absolute Gasteiger partial charge is 0.231 e. The van der Waals surface area contributed by atoms with Crippen LogP contribution in [0.15, 0.2) is 23.6 Å². The molecule has 2 radical (unpaired) electrons. The Balaban J connectivity index is 2.43. The number of hydrogen-bond acceptors (Lipinski definition) is 3. The van der Waals surface area contributed by atoms with Crippen molar-refractivity contribution in [3.63, 3.8) is 0 Å². The van der Waals surface area contributed by atoms with Gasteiger partial charge in [-0.2, -0.15) is 0 Å². The van der Waals surface area contributed by atoms with Gasteiger partial charge in [0.25, 0.3) is 0 Å². The highest BCUT2D eigenvalue weighted by atomic mass is 32.2. The number of aromatic nitrogens is 2. The van der Waals surface area contributed by atoms with Gasteiger partial charge in [-0.15, -0.1) is 0 Å². The monoisotopic (exact) mass is 152 g/mol. The zero-order valence-electron chi connectivity index (χ0n) is 5.53. The molecule has 0 unspecified atom stereocenters. The Morgan fingerprint density at radius 2 is 2.10 bits per heavy atom. The third-order valence-corrected chi connectivity index (χ3v) is 1.80. The molecule has 1 aromatic heterocycles. The molecule has 0 N–H and O–H groups in total. The quantitative estimate of drug-likeness (QED) is 0.486. The van der Waals surface area contributed by atoms with Crippen LogP contribution in [0.1, 0.15) is 6.42 Å². The molecule has 0 aliphatic heterocycles. The fourth-order valence-corrected chi connectivity index (χ4v) is 1.08. The van der Waals surface area contributed by atoms with Gasteiger partial charge in [-0.25, -0.2) is 9.97 Å². The Hall–Kier alpha value is -0.570. The molecule has 0 aliphatic carbocycles. The van der Waals surface area contributed by atoms with E-state index in [9.17, 15) is 0 Å². The Morgan fingerprint density at radius 3 is 2.70 bits per heavy atom. The van der Waals surface area contributed by atoms with E-state index in [1.54, 1.807) is 30.2 Å². The first kappa shape index (κ1) is 7.54. The normalized spacial score (nSPS) is 9.70. The van der Waals surface area contributed by atoms with Crippen molar-refractivity contribution in [3.8, 4) is 0 Å². The minimum atomic E-state index is 0.670. The Kier molecular flexibility index (Phi) is 3.22. The highest BCUT2D eigenvalue weighted by molar-refractivity contribution is 7.99. The van der Waals surface area contributed by atoms with Gasteiger partial charge in [0.2, 0.25) is 0 Å². The molecule has 0 aromatic carbocycles. The number of thioether (sulfide) groups is 1. The van der Waals surface area contributed by atoms with Crippen molar-refractivity contribution in [2.45, 2.75) is 11.6 Å². The lowest BCUT2D eigenvalue weighted by Gasteiger charge is -1.93. The lowest BCUT2D eigenvalue weighted by Crippen LogP contribution is -1.83. The van der Waals surface area contributed by atoms with E-state index >= 15 is 0 Å². The lowest BCUT2D eigenvalue weighted by atomic mass is 10.6. The van der Waals surface area contributed by atoms with Gasteiger partial charge in [0, 0.05) is 18.1 Å². The molecule has 0 saturated carbocycles. The van der Waals surface area contributed by atoms with Crippen LogP contribution in [0.25, 0.3) is 0 Å². The van der Waals surface area contributed by atoms with Crippen LogP contribution in [0.3, 0.4) is 0 Å². The second kappa shape index (κ2) is 4.28. The third-order valence-electron chi connectivity index (χ3n) is 0.891. The second-order valence-corrected chi connectivity index (χ2v) is 2.73. The van der Waals surface area contributed by atoms with Crippen molar-refractivity contribution >= 4 is 11.8 Å². The zero-order valence-corrected chi connectivity index (χ0v) is 6.34. The molecule has 2 nitrogen and oxygen atoms in total. The SMILES string of the molecule is [CH]CCSc1ncccn1. The molecule has 0 bridgehead atoms. The molecule has 1 heterocycles. The molecular weight excluding hydrogens is 144 g/mol. The maximum atomic E-state index is 5.30. The van der Waals surface area contributed by atoms with Gasteiger partial charge in [0.15, 0.2) is 5.16 Å². The highest BCUT2D eigenvalue weighted by Gasteiger charge is 1.91. The zero-order chi connectivity index (χ0) is 7.23. The number of hydrogen-bond donors (Lipinski definition) is 0. The molecule has 0 saturated heterocycles. The summed E-state index contributed by atoms with van der Waals surface area (Å²) in [5, 5.41) is 0.799. The molecule has 3 heteroatoms. The molecule has 52 valence electrons. The maximum absolute atomic E-state index is 5.30. The summed E-state index contributed by atoms with van der Waals surface area (Å²) < 4.78 is 0. The summed E-state index contributed by atoms with van der Waals surface area (Å²) in [6.07, 6.45) is 4.13. The Labute approximate surface area is 65.1 Å². The molecule has 0 fully saturated rings. The topological polar surface area (TPSA) is 25.8 Å². The summed E-state index contributed by atoms with van der Waals surface area (Å²) >= 11 is 1.57. The maximum Gasteiger partial charge on any atom is 0.187 e. The van der Waals surface area contributed by atoms with Gasteiger partial charge in [-0.1, -0.05) is 11.8 Å². The summed E-state index contributed by atoms with van der Waals surface area (Å²) in [7, 11) is 0. The number of nitrogens with zero attached hydrogens (tertiary/aromatic N) is 2. The van der Waals surface area contributed by atoms with E-state index in [-0.39, 0.29) is 0 Å². The summed E-state index contributed by atoms with van der Waals surface area (Å²) in [6, 6.07) is 1.80. The van der Waals surface area contributed by atoms with Crippen molar-refractivity contribution in [2.24, 2.45) is 0 Å². The predicted molar refractivity (Wildman–Crippen MR) is 41.7 cm³/mol. The molecular formula is C7H8N2S. The first-order chi connectivity index (χ1) is 4.93. The van der Waals surface area contributed by atoms with E-state index in [0.717, 1.165) is 10.9 Å². The van der Waals surface area contributed by atoms with Gasteiger partial charge >= 0.3 is 0 Å². The number of rotatable bonds is 3. The van der Waals surface area contributed by atoms with E-state index in [1.807, 2.05) is 0 Å². The van der Waals surface area contributed by atoms with Crippen molar-refractivity contribution in [3.05, 3.63) is 25.4 Å². The van der Waals surface area contributed by atoms with Gasteiger partial charge in [-0.3, -0.25) is 0 Å². The van der Waals surface area contributed by atoms with Gasteiger partial charge in [0.05, 0.1) is 0 Å². The highest BCUT2D eigenvalue weighted by Crippen LogP contribution is 2.10. The summed E-state index contributed by atoms with van der Waals surface area (Å²) in [5.41, 5.74) is 0. The molecule has 0 atom stereocenters. The first-order valence-electron chi connectivity index (χ1n) is 3.03. The van der Waals surface area contributed by atoms with E-state index in [2.05, 4.69) is 9.97 Å². The molecule has 10 heavy (non-hydrogen) atoms. The second-order valence-electron chi connectivity index (χ2n) is 1.67. The minimum Gasteiger partial charge on any atom is -0.231 e. The average Bonchev–Trinajstić information content (AvgIpc) is 2.03. The van der Waals surface area contributed by atoms with Crippen LogP contribution >= 0.6 is 11.8 Å². The van der Waals surface area contributed by atoms with Crippen LogP contribution in [-0.4, -0.2) is 15.7 Å². The van der Waals surface area contributed by atoms with Crippen LogP contribution in [0.5, 0.6) is 0 Å². The summed E-state index contributed by atoms with van der Waals surface area (Å²) in [6.45, 7) is 5.30. The lowest BCUT2D eigenvalue weighted by molar-refractivity contribution is 0.965. The molecule has 0 amide bonds. The first-order valence-corrected chi connectivity index (χ1v) is 4.02. The van der Waals surface area contributed by atoms with Crippen LogP contribution in [0.2, 0.25) is 0 Å². The Bertz CT molecular complexity index is 176. The third kappa shape index (κ3) is 2.35. The summed E-state index contributed by atoms with van der Waals surface area (Å²) in [5.74, 6) is 0.879.